The minimum atomic E-state index is -0.285. The second-order valence-corrected chi connectivity index (χ2v) is 8.00. The molecule has 1 fully saturated rings. The molecule has 0 bridgehead atoms. The zero-order valence-electron chi connectivity index (χ0n) is 17.6. The monoisotopic (exact) mass is 394 g/mol. The fourth-order valence-corrected chi connectivity index (χ4v) is 3.14. The maximum atomic E-state index is 12.5. The number of carbonyl (C=O) groups is 2. The molecular weight excluding hydrogens is 364 g/mol. The van der Waals surface area contributed by atoms with Crippen LogP contribution in [0.1, 0.15) is 45.9 Å². The highest BCUT2D eigenvalue weighted by molar-refractivity contribution is 5.97. The second kappa shape index (κ2) is 9.09. The first-order valence-corrected chi connectivity index (χ1v) is 10.0. The molecule has 0 spiro atoms. The summed E-state index contributed by atoms with van der Waals surface area (Å²) < 4.78 is 0. The van der Waals surface area contributed by atoms with Gasteiger partial charge in [0.05, 0.1) is 6.04 Å². The molecule has 2 aromatic carbocycles. The number of carbonyl (C=O) groups excluding carboxylic acids is 2. The van der Waals surface area contributed by atoms with Crippen molar-refractivity contribution in [1.29, 1.82) is 0 Å². The van der Waals surface area contributed by atoms with Crippen molar-refractivity contribution in [2.24, 2.45) is 0 Å². The normalized spacial score (nSPS) is 14.4. The quantitative estimate of drug-likeness (QED) is 0.672. The number of likely N-dealkylation sites (N-methyl/N-ethyl adjacent to an activating group) is 1. The van der Waals surface area contributed by atoms with Crippen LogP contribution in [0.25, 0.3) is 0 Å². The molecule has 6 nitrogen and oxygen atoms in total. The topological polar surface area (TPSA) is 73.5 Å². The highest BCUT2D eigenvalue weighted by Gasteiger charge is 2.24. The van der Waals surface area contributed by atoms with Gasteiger partial charge in [0.15, 0.2) is 0 Å². The van der Waals surface area contributed by atoms with E-state index in [0.717, 1.165) is 24.0 Å². The van der Waals surface area contributed by atoms with E-state index in [2.05, 4.69) is 52.0 Å². The highest BCUT2D eigenvalue weighted by Crippen LogP contribution is 2.22. The van der Waals surface area contributed by atoms with E-state index in [1.807, 2.05) is 27.1 Å². The zero-order chi connectivity index (χ0) is 21.0. The molecule has 1 aliphatic rings. The first-order chi connectivity index (χ1) is 13.8. The predicted molar refractivity (Wildman–Crippen MR) is 116 cm³/mol. The largest absolute Gasteiger partial charge is 0.349 e. The van der Waals surface area contributed by atoms with Gasteiger partial charge < -0.3 is 20.9 Å². The summed E-state index contributed by atoms with van der Waals surface area (Å²) in [5.74, 6) is -0.0944. The Labute approximate surface area is 172 Å². The molecule has 1 saturated carbocycles. The second-order valence-electron chi connectivity index (χ2n) is 8.00. The smallest absolute Gasteiger partial charge is 0.319 e. The first kappa shape index (κ1) is 20.9. The lowest BCUT2D eigenvalue weighted by Crippen LogP contribution is -2.37. The third kappa shape index (κ3) is 5.81. The Bertz CT molecular complexity index is 873. The molecule has 0 aliphatic heterocycles. The number of nitrogens with zero attached hydrogens (tertiary/aromatic N) is 1. The number of anilines is 1. The SMILES string of the molecule is Cc1ccc(C(CNC(=O)Nc2cc(C(=O)NC3CC3)ccc2C)N(C)C)cc1. The van der Waals surface area contributed by atoms with Crippen LogP contribution in [0.15, 0.2) is 42.5 Å². The molecule has 29 heavy (non-hydrogen) atoms. The number of hydrogen-bond donors (Lipinski definition) is 3. The van der Waals surface area contributed by atoms with Gasteiger partial charge in [0.1, 0.15) is 0 Å². The summed E-state index contributed by atoms with van der Waals surface area (Å²) in [7, 11) is 3.99. The van der Waals surface area contributed by atoms with Crippen LogP contribution in [0.2, 0.25) is 0 Å². The van der Waals surface area contributed by atoms with E-state index < -0.39 is 0 Å². The maximum absolute atomic E-state index is 12.5. The number of aryl methyl sites for hydroxylation is 2. The van der Waals surface area contributed by atoms with Gasteiger partial charge in [-0.25, -0.2) is 4.79 Å². The van der Waals surface area contributed by atoms with Crippen molar-refractivity contribution in [3.8, 4) is 0 Å². The fraction of sp³-hybridized carbons (Fsp3) is 0.391. The lowest BCUT2D eigenvalue weighted by atomic mass is 10.0. The van der Waals surface area contributed by atoms with E-state index in [4.69, 9.17) is 0 Å². The Kier molecular flexibility index (Phi) is 6.54. The lowest BCUT2D eigenvalue weighted by molar-refractivity contribution is 0.0951. The van der Waals surface area contributed by atoms with Crippen LogP contribution in [0, 0.1) is 13.8 Å². The molecule has 1 aliphatic carbocycles. The molecule has 6 heteroatoms. The molecule has 154 valence electrons. The molecule has 0 heterocycles. The first-order valence-electron chi connectivity index (χ1n) is 10.0. The van der Waals surface area contributed by atoms with Crippen LogP contribution in [-0.2, 0) is 0 Å². The number of hydrogen-bond acceptors (Lipinski definition) is 3. The van der Waals surface area contributed by atoms with Gasteiger partial charge in [-0.3, -0.25) is 4.79 Å². The van der Waals surface area contributed by atoms with E-state index in [9.17, 15) is 9.59 Å². The Morgan fingerprint density at radius 1 is 1.07 bits per heavy atom. The molecule has 1 unspecified atom stereocenters. The van der Waals surface area contributed by atoms with Gasteiger partial charge in [-0.15, -0.1) is 0 Å². The van der Waals surface area contributed by atoms with E-state index in [1.165, 1.54) is 5.56 Å². The fourth-order valence-electron chi connectivity index (χ4n) is 3.14. The van der Waals surface area contributed by atoms with E-state index in [-0.39, 0.29) is 18.0 Å². The molecule has 2 aromatic rings. The van der Waals surface area contributed by atoms with Crippen molar-refractivity contribution in [3.05, 3.63) is 64.7 Å². The number of urea groups is 1. The number of nitrogens with one attached hydrogen (secondary N) is 3. The van der Waals surface area contributed by atoms with Crippen molar-refractivity contribution in [1.82, 2.24) is 15.5 Å². The van der Waals surface area contributed by atoms with Crippen molar-refractivity contribution in [2.75, 3.05) is 26.0 Å². The lowest BCUT2D eigenvalue weighted by Gasteiger charge is -2.25. The Morgan fingerprint density at radius 3 is 2.38 bits per heavy atom. The van der Waals surface area contributed by atoms with Gasteiger partial charge in [0.2, 0.25) is 0 Å². The van der Waals surface area contributed by atoms with E-state index >= 15 is 0 Å². The van der Waals surface area contributed by atoms with Crippen LogP contribution in [0.5, 0.6) is 0 Å². The standard InChI is InChI=1S/C23H30N4O2/c1-15-5-8-17(9-6-15)21(27(3)4)14-24-23(29)26-20-13-18(10-7-16(20)2)22(28)25-19-11-12-19/h5-10,13,19,21H,11-12,14H2,1-4H3,(H,25,28)(H2,24,26,29). The van der Waals surface area contributed by atoms with Gasteiger partial charge in [-0.1, -0.05) is 35.9 Å². The van der Waals surface area contributed by atoms with Crippen molar-refractivity contribution in [3.63, 3.8) is 0 Å². The minimum absolute atomic E-state index is 0.0677. The number of rotatable bonds is 7. The molecule has 3 rings (SSSR count). The predicted octanol–water partition coefficient (Wildman–Crippen LogP) is 3.62. The molecular formula is C23H30N4O2. The summed E-state index contributed by atoms with van der Waals surface area (Å²) in [4.78, 5) is 26.9. The molecule has 0 aromatic heterocycles. The van der Waals surface area contributed by atoms with Gasteiger partial charge in [-0.05, 0) is 64.0 Å². The molecule has 0 radical (unpaired) electrons. The average molecular weight is 395 g/mol. The van der Waals surface area contributed by atoms with Crippen LogP contribution >= 0.6 is 0 Å². The maximum Gasteiger partial charge on any atom is 0.319 e. The summed E-state index contributed by atoms with van der Waals surface area (Å²) in [6, 6.07) is 13.8. The third-order valence-electron chi connectivity index (χ3n) is 5.20. The Balaban J connectivity index is 1.61. The zero-order valence-corrected chi connectivity index (χ0v) is 17.6. The van der Waals surface area contributed by atoms with Gasteiger partial charge >= 0.3 is 6.03 Å². The van der Waals surface area contributed by atoms with Crippen LogP contribution in [-0.4, -0.2) is 43.5 Å². The molecule has 3 N–H and O–H groups in total. The van der Waals surface area contributed by atoms with Crippen LogP contribution in [0.3, 0.4) is 0 Å². The summed E-state index contributed by atoms with van der Waals surface area (Å²) in [6.07, 6.45) is 2.08. The van der Waals surface area contributed by atoms with E-state index in [1.54, 1.807) is 12.1 Å². The Morgan fingerprint density at radius 2 is 1.76 bits per heavy atom. The highest BCUT2D eigenvalue weighted by atomic mass is 16.2. The number of amides is 3. The summed E-state index contributed by atoms with van der Waals surface area (Å²) in [6.45, 7) is 4.44. The van der Waals surface area contributed by atoms with Crippen molar-refractivity contribution in [2.45, 2.75) is 38.8 Å². The minimum Gasteiger partial charge on any atom is -0.349 e. The van der Waals surface area contributed by atoms with Crippen LogP contribution in [0.4, 0.5) is 10.5 Å². The molecule has 3 amide bonds. The number of benzene rings is 2. The van der Waals surface area contributed by atoms with Crippen molar-refractivity contribution >= 4 is 17.6 Å². The van der Waals surface area contributed by atoms with Crippen molar-refractivity contribution < 1.29 is 9.59 Å². The molecule has 0 saturated heterocycles. The van der Waals surface area contributed by atoms with Gasteiger partial charge in [-0.2, -0.15) is 0 Å². The van der Waals surface area contributed by atoms with Gasteiger partial charge in [0, 0.05) is 23.8 Å². The Hall–Kier alpha value is -2.86. The summed E-state index contributed by atoms with van der Waals surface area (Å²) >= 11 is 0. The summed E-state index contributed by atoms with van der Waals surface area (Å²) in [5, 5.41) is 8.80. The van der Waals surface area contributed by atoms with Crippen LogP contribution < -0.4 is 16.0 Å². The third-order valence-corrected chi connectivity index (χ3v) is 5.20. The van der Waals surface area contributed by atoms with Gasteiger partial charge in [0.25, 0.3) is 5.91 Å². The molecule has 1 atom stereocenters. The summed E-state index contributed by atoms with van der Waals surface area (Å²) in [5.41, 5.74) is 4.46. The van der Waals surface area contributed by atoms with E-state index in [0.29, 0.717) is 23.8 Å². The average Bonchev–Trinajstić information content (AvgIpc) is 3.48.